The molecule has 0 aromatic rings. The molecule has 0 aliphatic heterocycles. The first-order valence-electron chi connectivity index (χ1n) is 5.02. The van der Waals surface area contributed by atoms with Crippen molar-refractivity contribution in [2.75, 3.05) is 38.3 Å². The number of methoxy groups -OCH3 is 1. The van der Waals surface area contributed by atoms with Crippen LogP contribution < -0.4 is 5.32 Å². The quantitative estimate of drug-likeness (QED) is 0.576. The molecule has 0 aromatic heterocycles. The Hall–Kier alpha value is -0.130. The molecule has 4 nitrogen and oxygen atoms in total. The molecule has 0 rings (SSSR count). The maximum atomic E-state index is 11.3. The summed E-state index contributed by atoms with van der Waals surface area (Å²) < 4.78 is 27.4. The van der Waals surface area contributed by atoms with Crippen molar-refractivity contribution in [2.45, 2.75) is 19.8 Å². The normalized spacial score (nSPS) is 11.9. The van der Waals surface area contributed by atoms with E-state index in [9.17, 15) is 8.42 Å². The van der Waals surface area contributed by atoms with Crippen molar-refractivity contribution < 1.29 is 13.2 Å². The molecular formula is C9H21NO3S. The Labute approximate surface area is 86.9 Å². The number of hydrogen-bond donors (Lipinski definition) is 1. The highest BCUT2D eigenvalue weighted by atomic mass is 32.2. The lowest BCUT2D eigenvalue weighted by Gasteiger charge is -2.03. The molecule has 5 heteroatoms. The summed E-state index contributed by atoms with van der Waals surface area (Å²) in [6.45, 7) is 4.18. The SMILES string of the molecule is CCNCCCCS(=O)(=O)CCOC. The molecule has 0 saturated heterocycles. The first kappa shape index (κ1) is 13.9. The summed E-state index contributed by atoms with van der Waals surface area (Å²) in [6, 6.07) is 0. The van der Waals surface area contributed by atoms with E-state index in [1.807, 2.05) is 6.92 Å². The largest absolute Gasteiger partial charge is 0.384 e. The fourth-order valence-corrected chi connectivity index (χ4v) is 2.33. The molecule has 0 fully saturated rings. The monoisotopic (exact) mass is 223 g/mol. The van der Waals surface area contributed by atoms with Crippen LogP contribution in [-0.2, 0) is 14.6 Å². The van der Waals surface area contributed by atoms with Gasteiger partial charge >= 0.3 is 0 Å². The van der Waals surface area contributed by atoms with Crippen molar-refractivity contribution in [2.24, 2.45) is 0 Å². The van der Waals surface area contributed by atoms with Gasteiger partial charge in [0.2, 0.25) is 0 Å². The Balaban J connectivity index is 3.46. The molecule has 1 N–H and O–H groups in total. The van der Waals surface area contributed by atoms with Gasteiger partial charge in [-0.05, 0) is 25.9 Å². The van der Waals surface area contributed by atoms with Crippen LogP contribution in [0.15, 0.2) is 0 Å². The Bertz CT molecular complexity index is 214. The summed E-state index contributed by atoms with van der Waals surface area (Å²) in [7, 11) is -1.37. The van der Waals surface area contributed by atoms with Crippen molar-refractivity contribution in [1.82, 2.24) is 5.32 Å². The molecular weight excluding hydrogens is 202 g/mol. The van der Waals surface area contributed by atoms with Gasteiger partial charge in [0.1, 0.15) is 0 Å². The molecule has 0 unspecified atom stereocenters. The van der Waals surface area contributed by atoms with Crippen LogP contribution in [0.5, 0.6) is 0 Å². The zero-order valence-electron chi connectivity index (χ0n) is 9.08. The Morgan fingerprint density at radius 2 is 1.93 bits per heavy atom. The molecule has 86 valence electrons. The highest BCUT2D eigenvalue weighted by Gasteiger charge is 2.09. The van der Waals surface area contributed by atoms with Crippen molar-refractivity contribution >= 4 is 9.84 Å². The number of ether oxygens (including phenoxy) is 1. The van der Waals surface area contributed by atoms with Crippen LogP contribution in [0.3, 0.4) is 0 Å². The standard InChI is InChI=1S/C9H21NO3S/c1-3-10-6-4-5-8-14(11,12)9-7-13-2/h10H,3-9H2,1-2H3. The van der Waals surface area contributed by atoms with E-state index in [-0.39, 0.29) is 11.5 Å². The molecule has 14 heavy (non-hydrogen) atoms. The van der Waals surface area contributed by atoms with Crippen LogP contribution >= 0.6 is 0 Å². The lowest BCUT2D eigenvalue weighted by molar-refractivity contribution is 0.217. The average Bonchev–Trinajstić information content (AvgIpc) is 2.15. The van der Waals surface area contributed by atoms with Crippen LogP contribution in [0, 0.1) is 0 Å². The molecule has 0 aliphatic rings. The van der Waals surface area contributed by atoms with Crippen molar-refractivity contribution in [3.05, 3.63) is 0 Å². The third-order valence-corrected chi connectivity index (χ3v) is 3.61. The first-order valence-corrected chi connectivity index (χ1v) is 6.84. The molecule has 0 saturated carbocycles. The third-order valence-electron chi connectivity index (χ3n) is 1.91. The van der Waals surface area contributed by atoms with Crippen LogP contribution in [0.2, 0.25) is 0 Å². The second-order valence-corrected chi connectivity index (χ2v) is 5.51. The van der Waals surface area contributed by atoms with Gasteiger partial charge in [0.05, 0.1) is 18.1 Å². The summed E-state index contributed by atoms with van der Waals surface area (Å²) in [6.07, 6.45) is 1.65. The Morgan fingerprint density at radius 1 is 1.21 bits per heavy atom. The number of sulfone groups is 1. The van der Waals surface area contributed by atoms with Gasteiger partial charge in [-0.1, -0.05) is 6.92 Å². The van der Waals surface area contributed by atoms with Gasteiger partial charge in [-0.25, -0.2) is 8.42 Å². The zero-order valence-corrected chi connectivity index (χ0v) is 9.90. The van der Waals surface area contributed by atoms with E-state index in [0.29, 0.717) is 6.61 Å². The van der Waals surface area contributed by atoms with E-state index in [1.165, 1.54) is 7.11 Å². The van der Waals surface area contributed by atoms with Crippen LogP contribution in [-0.4, -0.2) is 46.7 Å². The minimum Gasteiger partial charge on any atom is -0.384 e. The second kappa shape index (κ2) is 8.20. The summed E-state index contributed by atoms with van der Waals surface area (Å²) in [5, 5.41) is 3.16. The van der Waals surface area contributed by atoms with E-state index < -0.39 is 9.84 Å². The van der Waals surface area contributed by atoms with E-state index in [1.54, 1.807) is 0 Å². The van der Waals surface area contributed by atoms with Crippen LogP contribution in [0.4, 0.5) is 0 Å². The number of unbranched alkanes of at least 4 members (excludes halogenated alkanes) is 1. The highest BCUT2D eigenvalue weighted by molar-refractivity contribution is 7.91. The van der Waals surface area contributed by atoms with Gasteiger partial charge < -0.3 is 10.1 Å². The fourth-order valence-electron chi connectivity index (χ4n) is 1.06. The van der Waals surface area contributed by atoms with Crippen molar-refractivity contribution in [3.8, 4) is 0 Å². The van der Waals surface area contributed by atoms with Crippen LogP contribution in [0.25, 0.3) is 0 Å². The smallest absolute Gasteiger partial charge is 0.152 e. The maximum Gasteiger partial charge on any atom is 0.152 e. The minimum atomic E-state index is -2.88. The van der Waals surface area contributed by atoms with E-state index in [4.69, 9.17) is 4.74 Å². The van der Waals surface area contributed by atoms with Crippen LogP contribution in [0.1, 0.15) is 19.8 Å². The molecule has 0 amide bonds. The van der Waals surface area contributed by atoms with Gasteiger partial charge in [-0.15, -0.1) is 0 Å². The lowest BCUT2D eigenvalue weighted by atomic mass is 10.3. The summed E-state index contributed by atoms with van der Waals surface area (Å²) in [4.78, 5) is 0. The highest BCUT2D eigenvalue weighted by Crippen LogP contribution is 1.97. The molecule has 0 bridgehead atoms. The lowest BCUT2D eigenvalue weighted by Crippen LogP contribution is -2.18. The predicted octanol–water partition coefficient (Wildman–Crippen LogP) is 0.437. The van der Waals surface area contributed by atoms with E-state index >= 15 is 0 Å². The molecule has 0 spiro atoms. The Morgan fingerprint density at radius 3 is 2.50 bits per heavy atom. The van der Waals surface area contributed by atoms with E-state index in [0.717, 1.165) is 25.9 Å². The van der Waals surface area contributed by atoms with Gasteiger partial charge in [0.25, 0.3) is 0 Å². The number of rotatable bonds is 9. The predicted molar refractivity (Wildman–Crippen MR) is 58.3 cm³/mol. The molecule has 0 radical (unpaired) electrons. The Kier molecular flexibility index (Phi) is 8.12. The number of hydrogen-bond acceptors (Lipinski definition) is 4. The maximum absolute atomic E-state index is 11.3. The summed E-state index contributed by atoms with van der Waals surface area (Å²) in [5.74, 6) is 0.423. The second-order valence-electron chi connectivity index (χ2n) is 3.21. The minimum absolute atomic E-state index is 0.144. The number of nitrogens with one attached hydrogen (secondary N) is 1. The fraction of sp³-hybridized carbons (Fsp3) is 1.00. The van der Waals surface area contributed by atoms with Gasteiger partial charge in [0.15, 0.2) is 9.84 Å². The van der Waals surface area contributed by atoms with Gasteiger partial charge in [0, 0.05) is 7.11 Å². The molecule has 0 aromatic carbocycles. The van der Waals surface area contributed by atoms with Gasteiger partial charge in [-0.3, -0.25) is 0 Å². The topological polar surface area (TPSA) is 55.4 Å². The summed E-state index contributed by atoms with van der Waals surface area (Å²) >= 11 is 0. The van der Waals surface area contributed by atoms with Gasteiger partial charge in [-0.2, -0.15) is 0 Å². The molecule has 0 atom stereocenters. The first-order chi connectivity index (χ1) is 6.62. The molecule has 0 heterocycles. The summed E-state index contributed by atoms with van der Waals surface area (Å²) in [5.41, 5.74) is 0. The average molecular weight is 223 g/mol. The van der Waals surface area contributed by atoms with Crippen molar-refractivity contribution in [3.63, 3.8) is 0 Å². The molecule has 0 aliphatic carbocycles. The third kappa shape index (κ3) is 8.47. The van der Waals surface area contributed by atoms with E-state index in [2.05, 4.69) is 5.32 Å². The zero-order chi connectivity index (χ0) is 10.9. The van der Waals surface area contributed by atoms with Crippen molar-refractivity contribution in [1.29, 1.82) is 0 Å².